The van der Waals surface area contributed by atoms with Crippen LogP contribution in [0.2, 0.25) is 5.02 Å². The van der Waals surface area contributed by atoms with Gasteiger partial charge in [0.1, 0.15) is 6.04 Å². The molecule has 0 saturated carbocycles. The molecule has 1 N–H and O–H groups in total. The molecule has 2 heterocycles. The molecule has 100 valence electrons. The van der Waals surface area contributed by atoms with E-state index in [9.17, 15) is 0 Å². The van der Waals surface area contributed by atoms with Crippen molar-refractivity contribution in [1.29, 1.82) is 0 Å². The molecule has 2 aromatic rings. The molecule has 1 aliphatic rings. The molecule has 1 saturated heterocycles. The number of benzene rings is 1. The van der Waals surface area contributed by atoms with Gasteiger partial charge < -0.3 is 4.74 Å². The third-order valence-electron chi connectivity index (χ3n) is 3.22. The average Bonchev–Trinajstić information content (AvgIpc) is 2.96. The van der Waals surface area contributed by atoms with Crippen molar-refractivity contribution in [3.63, 3.8) is 0 Å². The molecule has 1 unspecified atom stereocenters. The summed E-state index contributed by atoms with van der Waals surface area (Å²) in [6.45, 7) is 3.06. The van der Waals surface area contributed by atoms with Crippen molar-refractivity contribution in [3.8, 4) is 0 Å². The molecule has 0 radical (unpaired) electrons. The quantitative estimate of drug-likeness (QED) is 0.917. The van der Waals surface area contributed by atoms with Crippen molar-refractivity contribution in [2.45, 2.75) is 6.04 Å². The van der Waals surface area contributed by atoms with E-state index in [1.165, 1.54) is 0 Å². The number of nitrogens with one attached hydrogen (secondary N) is 1. The van der Waals surface area contributed by atoms with Crippen LogP contribution in [0.25, 0.3) is 0 Å². The van der Waals surface area contributed by atoms with E-state index in [4.69, 9.17) is 16.3 Å². The van der Waals surface area contributed by atoms with Crippen molar-refractivity contribution in [2.75, 3.05) is 26.3 Å². The summed E-state index contributed by atoms with van der Waals surface area (Å²) in [5, 5.41) is 15.1. The van der Waals surface area contributed by atoms with Crippen LogP contribution < -0.4 is 0 Å². The van der Waals surface area contributed by atoms with Gasteiger partial charge in [0.15, 0.2) is 5.82 Å². The zero-order valence-corrected chi connectivity index (χ0v) is 11.0. The van der Waals surface area contributed by atoms with Crippen molar-refractivity contribution in [2.24, 2.45) is 0 Å². The number of H-pyrrole nitrogens is 1. The minimum atomic E-state index is -0.0867. The summed E-state index contributed by atoms with van der Waals surface area (Å²) in [5.74, 6) is 0.634. The molecule has 1 atom stereocenters. The van der Waals surface area contributed by atoms with Crippen LogP contribution in [0.1, 0.15) is 17.4 Å². The van der Waals surface area contributed by atoms with E-state index in [0.29, 0.717) is 24.1 Å². The van der Waals surface area contributed by atoms with Gasteiger partial charge in [0.05, 0.1) is 13.2 Å². The summed E-state index contributed by atoms with van der Waals surface area (Å²) in [6.07, 6.45) is 0. The highest BCUT2D eigenvalue weighted by atomic mass is 35.5. The van der Waals surface area contributed by atoms with Crippen molar-refractivity contribution in [1.82, 2.24) is 25.5 Å². The first kappa shape index (κ1) is 12.5. The normalized spacial score (nSPS) is 18.4. The predicted octanol–water partition coefficient (Wildman–Crippen LogP) is 1.27. The summed E-state index contributed by atoms with van der Waals surface area (Å²) in [6, 6.07) is 7.67. The van der Waals surface area contributed by atoms with Crippen LogP contribution in [-0.4, -0.2) is 51.8 Å². The Bertz CT molecular complexity index is 527. The second-order valence-electron chi connectivity index (χ2n) is 4.34. The summed E-state index contributed by atoms with van der Waals surface area (Å²) >= 11 is 6.31. The first-order chi connectivity index (χ1) is 9.36. The number of rotatable bonds is 3. The Morgan fingerprint density at radius 1 is 1.26 bits per heavy atom. The molecule has 1 fully saturated rings. The maximum absolute atomic E-state index is 6.31. The highest BCUT2D eigenvalue weighted by molar-refractivity contribution is 6.31. The fourth-order valence-electron chi connectivity index (χ4n) is 2.32. The fraction of sp³-hybridized carbons (Fsp3) is 0.417. The van der Waals surface area contributed by atoms with Gasteiger partial charge in [-0.15, -0.1) is 10.2 Å². The molecular weight excluding hydrogens is 266 g/mol. The zero-order chi connectivity index (χ0) is 13.1. The minimum Gasteiger partial charge on any atom is -0.379 e. The Morgan fingerprint density at radius 3 is 2.74 bits per heavy atom. The molecule has 3 rings (SSSR count). The number of morpholine rings is 1. The summed E-state index contributed by atoms with van der Waals surface area (Å²) < 4.78 is 5.39. The molecule has 6 nitrogen and oxygen atoms in total. The predicted molar refractivity (Wildman–Crippen MR) is 69.9 cm³/mol. The molecule has 19 heavy (non-hydrogen) atoms. The highest BCUT2D eigenvalue weighted by Crippen LogP contribution is 2.31. The second-order valence-corrected chi connectivity index (χ2v) is 4.75. The van der Waals surface area contributed by atoms with E-state index in [1.807, 2.05) is 24.3 Å². The second kappa shape index (κ2) is 5.64. The maximum atomic E-state index is 6.31. The van der Waals surface area contributed by atoms with Gasteiger partial charge in [0, 0.05) is 18.1 Å². The lowest BCUT2D eigenvalue weighted by molar-refractivity contribution is 0.0224. The molecule has 0 amide bonds. The number of hydrogen-bond acceptors (Lipinski definition) is 5. The van der Waals surface area contributed by atoms with E-state index in [2.05, 4.69) is 25.5 Å². The highest BCUT2D eigenvalue weighted by Gasteiger charge is 2.28. The molecule has 0 spiro atoms. The average molecular weight is 280 g/mol. The Kier molecular flexibility index (Phi) is 3.72. The van der Waals surface area contributed by atoms with Crippen LogP contribution in [-0.2, 0) is 4.74 Å². The van der Waals surface area contributed by atoms with Gasteiger partial charge in [-0.05, 0) is 11.6 Å². The topological polar surface area (TPSA) is 66.9 Å². The molecule has 1 aromatic carbocycles. The molecule has 1 aromatic heterocycles. The number of hydrogen-bond donors (Lipinski definition) is 1. The van der Waals surface area contributed by atoms with E-state index in [-0.39, 0.29) is 6.04 Å². The Labute approximate surface area is 115 Å². The van der Waals surface area contributed by atoms with Crippen LogP contribution in [0.4, 0.5) is 0 Å². The van der Waals surface area contributed by atoms with E-state index < -0.39 is 0 Å². The number of aromatic nitrogens is 4. The van der Waals surface area contributed by atoms with Crippen LogP contribution in [0.5, 0.6) is 0 Å². The van der Waals surface area contributed by atoms with Gasteiger partial charge >= 0.3 is 0 Å². The molecule has 0 aliphatic carbocycles. The van der Waals surface area contributed by atoms with Gasteiger partial charge in [-0.25, -0.2) is 0 Å². The van der Waals surface area contributed by atoms with Crippen LogP contribution in [0.3, 0.4) is 0 Å². The van der Waals surface area contributed by atoms with Crippen LogP contribution in [0.15, 0.2) is 24.3 Å². The van der Waals surface area contributed by atoms with Gasteiger partial charge in [0.2, 0.25) is 0 Å². The van der Waals surface area contributed by atoms with Crippen LogP contribution >= 0.6 is 11.6 Å². The third kappa shape index (κ3) is 2.60. The Hall–Kier alpha value is -1.50. The summed E-state index contributed by atoms with van der Waals surface area (Å²) in [5.41, 5.74) is 0.993. The maximum Gasteiger partial charge on any atom is 0.196 e. The van der Waals surface area contributed by atoms with Gasteiger partial charge in [0.25, 0.3) is 0 Å². The third-order valence-corrected chi connectivity index (χ3v) is 3.56. The monoisotopic (exact) mass is 279 g/mol. The first-order valence-electron chi connectivity index (χ1n) is 6.16. The number of ether oxygens (including phenoxy) is 1. The number of halogens is 1. The lowest BCUT2D eigenvalue weighted by atomic mass is 10.0. The van der Waals surface area contributed by atoms with Crippen molar-refractivity contribution < 1.29 is 4.74 Å². The standard InChI is InChI=1S/C12H14ClN5O/c13-10-4-2-1-3-9(10)11(12-14-16-17-15-12)18-5-7-19-8-6-18/h1-4,11H,5-8H2,(H,14,15,16,17). The minimum absolute atomic E-state index is 0.0867. The van der Waals surface area contributed by atoms with Crippen molar-refractivity contribution in [3.05, 3.63) is 40.7 Å². The van der Waals surface area contributed by atoms with Crippen molar-refractivity contribution >= 4 is 11.6 Å². The number of tetrazole rings is 1. The lowest BCUT2D eigenvalue weighted by Crippen LogP contribution is -2.40. The van der Waals surface area contributed by atoms with E-state index >= 15 is 0 Å². The molecule has 7 heteroatoms. The SMILES string of the molecule is Clc1ccccc1C(c1nn[nH]n1)N1CCOCC1. The zero-order valence-electron chi connectivity index (χ0n) is 10.3. The number of aromatic amines is 1. The lowest BCUT2D eigenvalue weighted by Gasteiger charge is -2.33. The molecule has 1 aliphatic heterocycles. The molecular formula is C12H14ClN5O. The van der Waals surface area contributed by atoms with Gasteiger partial charge in [-0.1, -0.05) is 35.0 Å². The van der Waals surface area contributed by atoms with Crippen LogP contribution in [0, 0.1) is 0 Å². The summed E-state index contributed by atoms with van der Waals surface area (Å²) in [4.78, 5) is 2.26. The van der Waals surface area contributed by atoms with Gasteiger partial charge in [-0.3, -0.25) is 4.90 Å². The fourth-order valence-corrected chi connectivity index (χ4v) is 2.56. The van der Waals surface area contributed by atoms with E-state index in [0.717, 1.165) is 18.7 Å². The largest absolute Gasteiger partial charge is 0.379 e. The summed E-state index contributed by atoms with van der Waals surface area (Å²) in [7, 11) is 0. The first-order valence-corrected chi connectivity index (χ1v) is 6.53. The van der Waals surface area contributed by atoms with Gasteiger partial charge in [-0.2, -0.15) is 5.21 Å². The van der Waals surface area contributed by atoms with E-state index in [1.54, 1.807) is 0 Å². The number of nitrogens with zero attached hydrogens (tertiary/aromatic N) is 4. The molecule has 0 bridgehead atoms. The Balaban J connectivity index is 1.99. The Morgan fingerprint density at radius 2 is 2.05 bits per heavy atom. The smallest absolute Gasteiger partial charge is 0.196 e.